The summed E-state index contributed by atoms with van der Waals surface area (Å²) >= 11 is 0. The Hall–Kier alpha value is -1.98. The van der Waals surface area contributed by atoms with Crippen LogP contribution in [0.3, 0.4) is 0 Å². The maximum atomic E-state index is 13.4. The van der Waals surface area contributed by atoms with E-state index in [0.717, 1.165) is 30.6 Å². The van der Waals surface area contributed by atoms with Crippen LogP contribution in [0.2, 0.25) is 0 Å². The number of rotatable bonds is 3. The molecule has 4 nitrogen and oxygen atoms in total. The number of halogens is 3. The van der Waals surface area contributed by atoms with Crippen LogP contribution in [0, 0.1) is 12.7 Å². The normalized spacial score (nSPS) is 16.2. The number of benzene rings is 2. The highest BCUT2D eigenvalue weighted by atomic mass is 35.5. The summed E-state index contributed by atoms with van der Waals surface area (Å²) in [6.45, 7) is 3.44. The van der Waals surface area contributed by atoms with Crippen LogP contribution < -0.4 is 16.0 Å². The highest BCUT2D eigenvalue weighted by Gasteiger charge is 2.23. The molecular formula is C19H24Cl2FN3O. The van der Waals surface area contributed by atoms with Crippen molar-refractivity contribution < 1.29 is 9.18 Å². The maximum absolute atomic E-state index is 13.4. The molecule has 1 heterocycles. The van der Waals surface area contributed by atoms with Gasteiger partial charge < -0.3 is 16.0 Å². The van der Waals surface area contributed by atoms with Gasteiger partial charge in [-0.1, -0.05) is 12.1 Å². The van der Waals surface area contributed by atoms with Crippen molar-refractivity contribution >= 4 is 42.1 Å². The van der Waals surface area contributed by atoms with Gasteiger partial charge in [-0.15, -0.1) is 24.8 Å². The lowest BCUT2D eigenvalue weighted by molar-refractivity contribution is 0.0932. The van der Waals surface area contributed by atoms with Gasteiger partial charge in [-0.05, 0) is 55.7 Å². The van der Waals surface area contributed by atoms with E-state index >= 15 is 0 Å². The first-order chi connectivity index (χ1) is 11.5. The quantitative estimate of drug-likeness (QED) is 0.767. The summed E-state index contributed by atoms with van der Waals surface area (Å²) in [5.74, 6) is -0.347. The summed E-state index contributed by atoms with van der Waals surface area (Å²) < 4.78 is 13.4. The number of nitrogen functional groups attached to an aromatic ring is 1. The van der Waals surface area contributed by atoms with Crippen LogP contribution in [0.4, 0.5) is 15.8 Å². The number of carbonyl (C=O) groups excluding carboxylic acids is 1. The number of hydrogen-bond donors (Lipinski definition) is 2. The van der Waals surface area contributed by atoms with Crippen LogP contribution in [0.25, 0.3) is 0 Å². The zero-order chi connectivity index (χ0) is 17.1. The lowest BCUT2D eigenvalue weighted by Gasteiger charge is -2.35. The Labute approximate surface area is 165 Å². The number of hydrogen-bond acceptors (Lipinski definition) is 3. The Morgan fingerprint density at radius 2 is 2.00 bits per heavy atom. The molecule has 3 N–H and O–H groups in total. The summed E-state index contributed by atoms with van der Waals surface area (Å²) in [5.41, 5.74) is 8.73. The van der Waals surface area contributed by atoms with E-state index in [2.05, 4.69) is 10.2 Å². The van der Waals surface area contributed by atoms with Gasteiger partial charge in [0.1, 0.15) is 5.82 Å². The van der Waals surface area contributed by atoms with Crippen LogP contribution in [-0.4, -0.2) is 25.0 Å². The minimum atomic E-state index is -0.242. The lowest BCUT2D eigenvalue weighted by atomic mass is 10.0. The minimum Gasteiger partial charge on any atom is -0.399 e. The summed E-state index contributed by atoms with van der Waals surface area (Å²) in [4.78, 5) is 14.7. The van der Waals surface area contributed by atoms with Gasteiger partial charge in [0.05, 0.1) is 0 Å². The number of nitrogens with zero attached hydrogens (tertiary/aromatic N) is 1. The molecule has 3 rings (SSSR count). The molecule has 7 heteroatoms. The van der Waals surface area contributed by atoms with Crippen molar-refractivity contribution in [3.05, 3.63) is 59.4 Å². The van der Waals surface area contributed by atoms with Gasteiger partial charge in [0.2, 0.25) is 0 Å². The van der Waals surface area contributed by atoms with Crippen molar-refractivity contribution in [2.24, 2.45) is 0 Å². The molecule has 0 aliphatic carbocycles. The van der Waals surface area contributed by atoms with Crippen LogP contribution in [0.15, 0.2) is 42.5 Å². The Bertz CT molecular complexity index is 757. The number of piperidine rings is 1. The minimum absolute atomic E-state index is 0. The molecule has 0 saturated carbocycles. The molecule has 1 atom stereocenters. The second-order valence-electron chi connectivity index (χ2n) is 6.31. The smallest absolute Gasteiger partial charge is 0.251 e. The van der Waals surface area contributed by atoms with E-state index in [4.69, 9.17) is 5.73 Å². The molecule has 2 aromatic carbocycles. The van der Waals surface area contributed by atoms with Crippen LogP contribution in [0.1, 0.15) is 28.8 Å². The first-order valence-electron chi connectivity index (χ1n) is 8.20. The molecule has 1 unspecified atom stereocenters. The van der Waals surface area contributed by atoms with Crippen LogP contribution >= 0.6 is 24.8 Å². The second-order valence-corrected chi connectivity index (χ2v) is 6.31. The number of nitrogens with two attached hydrogens (primary N) is 1. The fraction of sp³-hybridized carbons (Fsp3) is 0.316. The van der Waals surface area contributed by atoms with E-state index in [-0.39, 0.29) is 42.6 Å². The number of anilines is 2. The van der Waals surface area contributed by atoms with Crippen LogP contribution in [0.5, 0.6) is 0 Å². The van der Waals surface area contributed by atoms with Crippen molar-refractivity contribution in [2.45, 2.75) is 25.8 Å². The summed E-state index contributed by atoms with van der Waals surface area (Å²) in [6, 6.07) is 12.0. The second kappa shape index (κ2) is 9.64. The Kier molecular flexibility index (Phi) is 8.18. The average molecular weight is 400 g/mol. The fourth-order valence-electron chi connectivity index (χ4n) is 3.15. The molecule has 1 fully saturated rings. The topological polar surface area (TPSA) is 58.4 Å². The maximum Gasteiger partial charge on any atom is 0.251 e. The fourth-order valence-corrected chi connectivity index (χ4v) is 3.15. The molecule has 0 bridgehead atoms. The third-order valence-corrected chi connectivity index (χ3v) is 4.44. The van der Waals surface area contributed by atoms with Gasteiger partial charge in [0, 0.05) is 36.1 Å². The predicted octanol–water partition coefficient (Wildman–Crippen LogP) is 3.96. The number of amides is 1. The van der Waals surface area contributed by atoms with E-state index < -0.39 is 0 Å². The van der Waals surface area contributed by atoms with Crippen molar-refractivity contribution in [3.8, 4) is 0 Å². The molecule has 1 amide bonds. The SMILES string of the molecule is Cc1ccc(N)cc1C(=O)NC1CCCN(c2cccc(F)c2)C1.Cl.Cl. The van der Waals surface area contributed by atoms with Gasteiger partial charge in [-0.25, -0.2) is 4.39 Å². The van der Waals surface area contributed by atoms with Crippen molar-refractivity contribution in [1.82, 2.24) is 5.32 Å². The van der Waals surface area contributed by atoms with Gasteiger partial charge in [0.25, 0.3) is 5.91 Å². The first kappa shape index (κ1) is 22.1. The standard InChI is InChI=1S/C19H22FN3O.2ClH/c1-13-7-8-15(21)11-18(13)19(24)22-16-5-3-9-23(12-16)17-6-2-4-14(20)10-17;;/h2,4,6-8,10-11,16H,3,5,9,12,21H2,1H3,(H,22,24);2*1H. The molecule has 0 radical (unpaired) electrons. The predicted molar refractivity (Wildman–Crippen MR) is 109 cm³/mol. The molecular weight excluding hydrogens is 376 g/mol. The Morgan fingerprint density at radius 1 is 1.23 bits per heavy atom. The Balaban J connectivity index is 0.00000169. The van der Waals surface area contributed by atoms with Crippen molar-refractivity contribution in [3.63, 3.8) is 0 Å². The summed E-state index contributed by atoms with van der Waals surface area (Å²) in [6.07, 6.45) is 1.87. The van der Waals surface area contributed by atoms with Crippen molar-refractivity contribution in [1.29, 1.82) is 0 Å². The molecule has 1 aliphatic heterocycles. The highest BCUT2D eigenvalue weighted by Crippen LogP contribution is 2.21. The first-order valence-corrected chi connectivity index (χ1v) is 8.20. The van der Waals surface area contributed by atoms with Crippen molar-refractivity contribution in [2.75, 3.05) is 23.7 Å². The van der Waals surface area contributed by atoms with E-state index in [1.807, 2.05) is 19.1 Å². The number of aryl methyl sites for hydroxylation is 1. The molecule has 142 valence electrons. The average Bonchev–Trinajstić information content (AvgIpc) is 2.57. The highest BCUT2D eigenvalue weighted by molar-refractivity contribution is 5.96. The number of carbonyl (C=O) groups is 1. The van der Waals surface area contributed by atoms with Gasteiger partial charge in [0.15, 0.2) is 0 Å². The number of nitrogens with one attached hydrogen (secondary N) is 1. The zero-order valence-electron chi connectivity index (χ0n) is 14.6. The van der Waals surface area contributed by atoms with E-state index in [0.29, 0.717) is 17.8 Å². The summed E-state index contributed by atoms with van der Waals surface area (Å²) in [5, 5.41) is 3.09. The molecule has 2 aromatic rings. The molecule has 1 aliphatic rings. The monoisotopic (exact) mass is 399 g/mol. The van der Waals surface area contributed by atoms with Gasteiger partial charge >= 0.3 is 0 Å². The molecule has 1 saturated heterocycles. The van der Waals surface area contributed by atoms with E-state index in [9.17, 15) is 9.18 Å². The lowest BCUT2D eigenvalue weighted by Crippen LogP contribution is -2.48. The van der Waals surface area contributed by atoms with Crippen LogP contribution in [-0.2, 0) is 0 Å². The summed E-state index contributed by atoms with van der Waals surface area (Å²) in [7, 11) is 0. The molecule has 26 heavy (non-hydrogen) atoms. The third kappa shape index (κ3) is 5.26. The molecule has 0 spiro atoms. The zero-order valence-corrected chi connectivity index (χ0v) is 16.2. The van der Waals surface area contributed by atoms with Gasteiger partial charge in [-0.2, -0.15) is 0 Å². The van der Waals surface area contributed by atoms with Gasteiger partial charge in [-0.3, -0.25) is 4.79 Å². The van der Waals surface area contributed by atoms with E-state index in [1.54, 1.807) is 18.2 Å². The Morgan fingerprint density at radius 3 is 2.73 bits per heavy atom. The largest absolute Gasteiger partial charge is 0.399 e. The molecule has 0 aromatic heterocycles. The third-order valence-electron chi connectivity index (χ3n) is 4.44. The van der Waals surface area contributed by atoms with E-state index in [1.165, 1.54) is 12.1 Å².